The van der Waals surface area contributed by atoms with E-state index in [4.69, 9.17) is 16.3 Å². The zero-order valence-electron chi connectivity index (χ0n) is 15.5. The van der Waals surface area contributed by atoms with Crippen molar-refractivity contribution in [1.29, 1.82) is 0 Å². The fraction of sp³-hybridized carbons (Fsp3) is 0.316. The topological polar surface area (TPSA) is 75.7 Å². The number of anilines is 1. The van der Waals surface area contributed by atoms with Crippen molar-refractivity contribution in [2.45, 2.75) is 17.7 Å². The lowest BCUT2D eigenvalue weighted by atomic mass is 9.98. The van der Waals surface area contributed by atoms with Crippen LogP contribution in [-0.4, -0.2) is 38.8 Å². The van der Waals surface area contributed by atoms with Gasteiger partial charge in [0.25, 0.3) is 0 Å². The quantitative estimate of drug-likeness (QED) is 0.763. The number of carbonyl (C=O) groups excluding carboxylic acids is 1. The fourth-order valence-electron chi connectivity index (χ4n) is 3.19. The number of nitrogens with one attached hydrogen (secondary N) is 1. The Hall–Kier alpha value is -2.23. The van der Waals surface area contributed by atoms with Crippen molar-refractivity contribution in [3.8, 4) is 5.75 Å². The number of benzene rings is 2. The summed E-state index contributed by atoms with van der Waals surface area (Å²) in [6.45, 7) is 0.122. The van der Waals surface area contributed by atoms with E-state index in [0.717, 1.165) is 18.2 Å². The van der Waals surface area contributed by atoms with Gasteiger partial charge in [0.15, 0.2) is 0 Å². The number of ether oxygens (including phenoxy) is 1. The number of hydrogen-bond acceptors (Lipinski definition) is 4. The largest absolute Gasteiger partial charge is 0.495 e. The molecule has 3 rings (SSSR count). The molecule has 1 heterocycles. The van der Waals surface area contributed by atoms with E-state index in [1.165, 1.54) is 29.6 Å². The fourth-order valence-corrected chi connectivity index (χ4v) is 5.14. The molecule has 0 saturated carbocycles. The molecule has 1 N–H and O–H groups in total. The van der Waals surface area contributed by atoms with Crippen molar-refractivity contribution in [1.82, 2.24) is 4.31 Å². The van der Waals surface area contributed by atoms with Crippen molar-refractivity contribution in [2.75, 3.05) is 25.5 Å². The summed E-state index contributed by atoms with van der Waals surface area (Å²) in [5, 5.41) is 2.58. The first kappa shape index (κ1) is 21.5. The van der Waals surface area contributed by atoms with Crippen LogP contribution in [0.3, 0.4) is 0 Å². The van der Waals surface area contributed by atoms with Crippen molar-refractivity contribution >= 4 is 33.2 Å². The number of amides is 1. The summed E-state index contributed by atoms with van der Waals surface area (Å²) in [5.41, 5.74) is -0.286. The maximum Gasteiger partial charge on any atom is 0.246 e. The second-order valence-electron chi connectivity index (χ2n) is 6.61. The van der Waals surface area contributed by atoms with E-state index < -0.39 is 33.5 Å². The first-order valence-electron chi connectivity index (χ1n) is 8.82. The minimum atomic E-state index is -3.97. The molecule has 1 amide bonds. The third kappa shape index (κ3) is 4.68. The van der Waals surface area contributed by atoms with E-state index in [0.29, 0.717) is 12.8 Å². The third-order valence-electron chi connectivity index (χ3n) is 4.68. The van der Waals surface area contributed by atoms with Gasteiger partial charge in [0.1, 0.15) is 22.3 Å². The highest BCUT2D eigenvalue weighted by Gasteiger charge is 2.35. The number of rotatable bonds is 5. The van der Waals surface area contributed by atoms with E-state index in [-0.39, 0.29) is 34.4 Å². The van der Waals surface area contributed by atoms with Gasteiger partial charge in [-0.05, 0) is 43.2 Å². The Balaban J connectivity index is 1.80. The Labute approximate surface area is 172 Å². The Bertz CT molecular complexity index is 1030. The molecule has 0 spiro atoms. The van der Waals surface area contributed by atoms with Gasteiger partial charge in [-0.1, -0.05) is 11.6 Å². The Morgan fingerprint density at radius 3 is 2.72 bits per heavy atom. The average molecular weight is 445 g/mol. The molecule has 6 nitrogen and oxygen atoms in total. The Morgan fingerprint density at radius 1 is 1.24 bits per heavy atom. The third-order valence-corrected chi connectivity index (χ3v) is 6.81. The van der Waals surface area contributed by atoms with Gasteiger partial charge < -0.3 is 10.1 Å². The van der Waals surface area contributed by atoms with Gasteiger partial charge in [-0.2, -0.15) is 4.31 Å². The molecule has 1 aliphatic rings. The number of halogens is 3. The van der Waals surface area contributed by atoms with Gasteiger partial charge in [0, 0.05) is 24.2 Å². The molecule has 0 radical (unpaired) electrons. The van der Waals surface area contributed by atoms with Crippen molar-refractivity contribution in [3.05, 3.63) is 53.1 Å². The summed E-state index contributed by atoms with van der Waals surface area (Å²) in [5.74, 6) is -2.62. The van der Waals surface area contributed by atoms with Crippen LogP contribution in [0.1, 0.15) is 12.8 Å². The van der Waals surface area contributed by atoms with E-state index in [9.17, 15) is 22.0 Å². The average Bonchev–Trinajstić information content (AvgIpc) is 2.70. The smallest absolute Gasteiger partial charge is 0.246 e. The number of sulfonamides is 1. The first-order valence-corrected chi connectivity index (χ1v) is 10.6. The van der Waals surface area contributed by atoms with Gasteiger partial charge in [0.05, 0.1) is 18.7 Å². The SMILES string of the molecule is COc1ccc(Cl)cc1S(=O)(=O)N1CCC[C@@H](C(=O)Nc2cc(F)ccc2F)C1. The maximum absolute atomic E-state index is 13.8. The van der Waals surface area contributed by atoms with Gasteiger partial charge in [0.2, 0.25) is 15.9 Å². The summed E-state index contributed by atoms with van der Waals surface area (Å²) >= 11 is 5.95. The molecule has 0 aromatic heterocycles. The van der Waals surface area contributed by atoms with Crippen LogP contribution in [0.15, 0.2) is 41.3 Å². The second kappa shape index (κ2) is 8.64. The lowest BCUT2D eigenvalue weighted by molar-refractivity contribution is -0.120. The highest BCUT2D eigenvalue weighted by molar-refractivity contribution is 7.89. The van der Waals surface area contributed by atoms with Crippen molar-refractivity contribution < 1.29 is 26.7 Å². The molecular weight excluding hydrogens is 426 g/mol. The van der Waals surface area contributed by atoms with Crippen LogP contribution < -0.4 is 10.1 Å². The molecule has 0 unspecified atom stereocenters. The molecule has 2 aromatic rings. The lowest BCUT2D eigenvalue weighted by Crippen LogP contribution is -2.43. The van der Waals surface area contributed by atoms with Crippen molar-refractivity contribution in [3.63, 3.8) is 0 Å². The second-order valence-corrected chi connectivity index (χ2v) is 8.95. The van der Waals surface area contributed by atoms with Crippen molar-refractivity contribution in [2.24, 2.45) is 5.92 Å². The number of hydrogen-bond donors (Lipinski definition) is 1. The van der Waals surface area contributed by atoms with E-state index in [1.807, 2.05) is 0 Å². The van der Waals surface area contributed by atoms with Gasteiger partial charge in [-0.25, -0.2) is 17.2 Å². The molecule has 10 heteroatoms. The highest BCUT2D eigenvalue weighted by atomic mass is 35.5. The normalized spacial score (nSPS) is 17.7. The molecule has 1 atom stereocenters. The van der Waals surface area contributed by atoms with Crippen LogP contribution in [-0.2, 0) is 14.8 Å². The molecule has 29 heavy (non-hydrogen) atoms. The molecule has 2 aromatic carbocycles. The van der Waals surface area contributed by atoms with Gasteiger partial charge in [-0.15, -0.1) is 0 Å². The van der Waals surface area contributed by atoms with Crippen LogP contribution in [0.2, 0.25) is 5.02 Å². The Kier molecular flexibility index (Phi) is 6.40. The summed E-state index contributed by atoms with van der Waals surface area (Å²) in [6, 6.07) is 6.99. The highest BCUT2D eigenvalue weighted by Crippen LogP contribution is 2.32. The zero-order chi connectivity index (χ0) is 21.2. The molecule has 0 aliphatic carbocycles. The molecular formula is C19H19ClF2N2O4S. The summed E-state index contributed by atoms with van der Waals surface area (Å²) in [4.78, 5) is 12.5. The summed E-state index contributed by atoms with van der Waals surface area (Å²) in [7, 11) is -2.62. The molecule has 1 saturated heterocycles. The summed E-state index contributed by atoms with van der Waals surface area (Å²) in [6.07, 6.45) is 0.854. The van der Waals surface area contributed by atoms with Crippen LogP contribution in [0.25, 0.3) is 0 Å². The molecule has 0 bridgehead atoms. The summed E-state index contributed by atoms with van der Waals surface area (Å²) < 4.78 is 59.6. The van der Waals surface area contributed by atoms with Crippen LogP contribution in [0, 0.1) is 17.6 Å². The number of nitrogens with zero attached hydrogens (tertiary/aromatic N) is 1. The zero-order valence-corrected chi connectivity index (χ0v) is 17.1. The van der Waals surface area contributed by atoms with Gasteiger partial charge >= 0.3 is 0 Å². The molecule has 156 valence electrons. The lowest BCUT2D eigenvalue weighted by Gasteiger charge is -2.31. The number of piperidine rings is 1. The number of carbonyl (C=O) groups is 1. The standard InChI is InChI=1S/C19H19ClF2N2O4S/c1-28-17-7-4-13(20)9-18(17)29(26,27)24-8-2-3-12(11-24)19(25)23-16-10-14(21)5-6-15(16)22/h4-7,9-10,12H,2-3,8,11H2,1H3,(H,23,25)/t12-/m1/s1. The number of methoxy groups -OCH3 is 1. The Morgan fingerprint density at radius 2 is 2.00 bits per heavy atom. The molecule has 1 aliphatic heterocycles. The van der Waals surface area contributed by atoms with Crippen LogP contribution in [0.4, 0.5) is 14.5 Å². The minimum absolute atomic E-state index is 0.0928. The maximum atomic E-state index is 13.8. The minimum Gasteiger partial charge on any atom is -0.495 e. The van der Waals surface area contributed by atoms with Gasteiger partial charge in [-0.3, -0.25) is 4.79 Å². The van der Waals surface area contributed by atoms with E-state index in [2.05, 4.69) is 5.32 Å². The predicted molar refractivity (Wildman–Crippen MR) is 104 cm³/mol. The van der Waals surface area contributed by atoms with E-state index in [1.54, 1.807) is 0 Å². The van der Waals surface area contributed by atoms with Crippen LogP contribution in [0.5, 0.6) is 5.75 Å². The first-order chi connectivity index (χ1) is 13.7. The predicted octanol–water partition coefficient (Wildman–Crippen LogP) is 3.67. The van der Waals surface area contributed by atoms with E-state index >= 15 is 0 Å². The van der Waals surface area contributed by atoms with Crippen LogP contribution >= 0.6 is 11.6 Å². The molecule has 1 fully saturated rings. The monoisotopic (exact) mass is 444 g/mol.